The minimum absolute atomic E-state index is 0.139. The average molecular weight is 383 g/mol. The van der Waals surface area contributed by atoms with E-state index in [0.717, 1.165) is 0 Å². The monoisotopic (exact) mass is 383 g/mol. The number of carbonyl (C=O) groups is 1. The van der Waals surface area contributed by atoms with E-state index < -0.39 is 17.9 Å². The first-order chi connectivity index (χ1) is 12.8. The van der Waals surface area contributed by atoms with E-state index in [1.165, 1.54) is 4.68 Å². The Morgan fingerprint density at radius 3 is 2.78 bits per heavy atom. The molecule has 0 aromatic carbocycles. The molecule has 9 heteroatoms. The molecule has 0 aliphatic heterocycles. The van der Waals surface area contributed by atoms with E-state index in [4.69, 9.17) is 0 Å². The molecule has 148 valence electrons. The zero-order valence-corrected chi connectivity index (χ0v) is 15.5. The summed E-state index contributed by atoms with van der Waals surface area (Å²) in [5.74, 6) is -0.156. The fourth-order valence-electron chi connectivity index (χ4n) is 3.60. The van der Waals surface area contributed by atoms with Gasteiger partial charge in [-0.3, -0.25) is 14.2 Å². The van der Waals surface area contributed by atoms with Gasteiger partial charge in [0.1, 0.15) is 6.04 Å². The molecule has 2 aromatic heterocycles. The fraction of sp³-hybridized carbons (Fsp3) is 0.611. The van der Waals surface area contributed by atoms with Crippen LogP contribution in [0.1, 0.15) is 49.7 Å². The molecule has 6 nitrogen and oxygen atoms in total. The van der Waals surface area contributed by atoms with Gasteiger partial charge in [0.15, 0.2) is 5.69 Å². The molecule has 0 spiro atoms. The molecule has 3 rings (SSSR count). The zero-order valence-electron chi connectivity index (χ0n) is 15.5. The molecule has 0 fully saturated rings. The Morgan fingerprint density at radius 2 is 2.15 bits per heavy atom. The van der Waals surface area contributed by atoms with E-state index in [1.807, 2.05) is 19.2 Å². The van der Waals surface area contributed by atoms with Crippen molar-refractivity contribution in [1.29, 1.82) is 0 Å². The molecular weight excluding hydrogens is 359 g/mol. The summed E-state index contributed by atoms with van der Waals surface area (Å²) in [5, 5.41) is 10.8. The van der Waals surface area contributed by atoms with Gasteiger partial charge in [0.05, 0.1) is 0 Å². The predicted octanol–water partition coefficient (Wildman–Crippen LogP) is 2.99. The van der Waals surface area contributed by atoms with Crippen LogP contribution in [0, 0.1) is 5.92 Å². The molecule has 1 aliphatic carbocycles. The van der Waals surface area contributed by atoms with Gasteiger partial charge in [-0.2, -0.15) is 23.4 Å². The summed E-state index contributed by atoms with van der Waals surface area (Å²) in [4.78, 5) is 12.7. The number of hydrogen-bond donors (Lipinski definition) is 1. The molecule has 1 N–H and O–H groups in total. The molecule has 0 radical (unpaired) electrons. The Hall–Kier alpha value is -2.32. The summed E-state index contributed by atoms with van der Waals surface area (Å²) in [7, 11) is 0. The summed E-state index contributed by atoms with van der Waals surface area (Å²) >= 11 is 0. The molecule has 1 aliphatic rings. The van der Waals surface area contributed by atoms with E-state index in [0.29, 0.717) is 44.5 Å². The van der Waals surface area contributed by atoms with Crippen molar-refractivity contribution in [3.63, 3.8) is 0 Å². The van der Waals surface area contributed by atoms with E-state index in [2.05, 4.69) is 15.5 Å². The largest absolute Gasteiger partial charge is 0.435 e. The van der Waals surface area contributed by atoms with Crippen LogP contribution in [0.2, 0.25) is 0 Å². The van der Waals surface area contributed by atoms with Crippen LogP contribution < -0.4 is 5.32 Å². The van der Waals surface area contributed by atoms with Crippen molar-refractivity contribution in [1.82, 2.24) is 24.9 Å². The number of fused-ring (bicyclic) bond motifs is 1. The lowest BCUT2D eigenvalue weighted by atomic mass is 10.1. The first-order valence-corrected chi connectivity index (χ1v) is 9.23. The second kappa shape index (κ2) is 7.74. The minimum Gasteiger partial charge on any atom is -0.354 e. The molecular formula is C18H24F3N5O. The van der Waals surface area contributed by atoms with E-state index in [-0.39, 0.29) is 17.4 Å². The van der Waals surface area contributed by atoms with Gasteiger partial charge in [-0.25, -0.2) is 0 Å². The van der Waals surface area contributed by atoms with Crippen LogP contribution >= 0.6 is 0 Å². The topological polar surface area (TPSA) is 64.7 Å². The number of alkyl halides is 3. The Bertz CT molecular complexity index is 782. The quantitative estimate of drug-likeness (QED) is 0.799. The summed E-state index contributed by atoms with van der Waals surface area (Å²) in [6.07, 6.45) is 0.974. The van der Waals surface area contributed by atoms with Crippen molar-refractivity contribution in [2.24, 2.45) is 5.92 Å². The first-order valence-electron chi connectivity index (χ1n) is 9.23. The van der Waals surface area contributed by atoms with Crippen molar-refractivity contribution in [3.05, 3.63) is 35.4 Å². The molecule has 2 heterocycles. The third-order valence-corrected chi connectivity index (χ3v) is 4.89. The van der Waals surface area contributed by atoms with Gasteiger partial charge >= 0.3 is 6.18 Å². The van der Waals surface area contributed by atoms with Gasteiger partial charge in [0.25, 0.3) is 0 Å². The fourth-order valence-corrected chi connectivity index (χ4v) is 3.60. The molecule has 0 saturated carbocycles. The molecule has 0 saturated heterocycles. The van der Waals surface area contributed by atoms with Gasteiger partial charge in [-0.1, -0.05) is 13.8 Å². The number of nitrogens with one attached hydrogen (secondary N) is 1. The highest BCUT2D eigenvalue weighted by Crippen LogP contribution is 2.37. The zero-order chi connectivity index (χ0) is 19.6. The van der Waals surface area contributed by atoms with Gasteiger partial charge in [-0.05, 0) is 37.7 Å². The number of hydrogen-bond acceptors (Lipinski definition) is 3. The maximum absolute atomic E-state index is 13.3. The van der Waals surface area contributed by atoms with Crippen LogP contribution in [-0.2, 0) is 30.4 Å². The number of rotatable bonds is 7. The standard InChI is InChI=1S/C18H24F3N5O/c1-3-14(17(27)22-10-12(2)11-25-9-5-8-23-25)26-15-7-4-6-13(15)16(24-26)18(19,20)21/h5,8-9,12,14H,3-4,6-7,10-11H2,1-2H3,(H,22,27). The molecule has 2 atom stereocenters. The summed E-state index contributed by atoms with van der Waals surface area (Å²) in [6.45, 7) is 4.84. The van der Waals surface area contributed by atoms with Crippen LogP contribution in [0.4, 0.5) is 13.2 Å². The van der Waals surface area contributed by atoms with E-state index >= 15 is 0 Å². The third-order valence-electron chi connectivity index (χ3n) is 4.89. The second-order valence-electron chi connectivity index (χ2n) is 7.07. The lowest BCUT2D eigenvalue weighted by Gasteiger charge is -2.20. The Kier molecular flexibility index (Phi) is 5.57. The molecule has 1 amide bonds. The second-order valence-corrected chi connectivity index (χ2v) is 7.07. The van der Waals surface area contributed by atoms with Crippen LogP contribution in [0.5, 0.6) is 0 Å². The number of aromatic nitrogens is 4. The summed E-state index contributed by atoms with van der Waals surface area (Å²) < 4.78 is 42.9. The molecule has 2 unspecified atom stereocenters. The smallest absolute Gasteiger partial charge is 0.354 e. The first kappa shape index (κ1) is 19.4. The van der Waals surface area contributed by atoms with Crippen LogP contribution in [0.25, 0.3) is 0 Å². The maximum Gasteiger partial charge on any atom is 0.435 e. The van der Waals surface area contributed by atoms with E-state index in [9.17, 15) is 18.0 Å². The van der Waals surface area contributed by atoms with Gasteiger partial charge < -0.3 is 5.32 Å². The highest BCUT2D eigenvalue weighted by atomic mass is 19.4. The third kappa shape index (κ3) is 4.17. The van der Waals surface area contributed by atoms with Crippen LogP contribution in [0.3, 0.4) is 0 Å². The Balaban J connectivity index is 1.70. The van der Waals surface area contributed by atoms with Crippen molar-refractivity contribution >= 4 is 5.91 Å². The van der Waals surface area contributed by atoms with Crippen molar-refractivity contribution in [3.8, 4) is 0 Å². The highest BCUT2D eigenvalue weighted by Gasteiger charge is 2.41. The Labute approximate surface area is 155 Å². The van der Waals surface area contributed by atoms with Gasteiger partial charge in [0.2, 0.25) is 5.91 Å². The van der Waals surface area contributed by atoms with Crippen molar-refractivity contribution in [2.75, 3.05) is 6.54 Å². The Morgan fingerprint density at radius 1 is 1.37 bits per heavy atom. The predicted molar refractivity (Wildman–Crippen MR) is 93.0 cm³/mol. The number of amides is 1. The average Bonchev–Trinajstić information content (AvgIpc) is 3.31. The highest BCUT2D eigenvalue weighted by molar-refractivity contribution is 5.80. The number of halogens is 3. The normalized spacial score (nSPS) is 16.2. The molecule has 27 heavy (non-hydrogen) atoms. The van der Waals surface area contributed by atoms with Crippen molar-refractivity contribution in [2.45, 2.75) is 58.3 Å². The van der Waals surface area contributed by atoms with Crippen molar-refractivity contribution < 1.29 is 18.0 Å². The maximum atomic E-state index is 13.3. The van der Waals surface area contributed by atoms with Crippen LogP contribution in [0.15, 0.2) is 18.5 Å². The van der Waals surface area contributed by atoms with Crippen LogP contribution in [-0.4, -0.2) is 32.0 Å². The number of carbonyl (C=O) groups excluding carboxylic acids is 1. The molecule has 0 bridgehead atoms. The lowest BCUT2D eigenvalue weighted by molar-refractivity contribution is -0.142. The SMILES string of the molecule is CCC(C(=O)NCC(C)Cn1cccn1)n1nc(C(F)(F)F)c2c1CCC2. The van der Waals surface area contributed by atoms with Gasteiger partial charge in [0, 0.05) is 36.7 Å². The van der Waals surface area contributed by atoms with Gasteiger partial charge in [-0.15, -0.1) is 0 Å². The van der Waals surface area contributed by atoms with E-state index in [1.54, 1.807) is 17.8 Å². The minimum atomic E-state index is -4.49. The molecule has 2 aromatic rings. The number of nitrogens with zero attached hydrogens (tertiary/aromatic N) is 4. The summed E-state index contributed by atoms with van der Waals surface area (Å²) in [6, 6.07) is 1.10. The lowest BCUT2D eigenvalue weighted by Crippen LogP contribution is -2.36. The summed E-state index contributed by atoms with van der Waals surface area (Å²) in [5.41, 5.74) is -0.0389.